The number of carboxylic acid groups (broad SMARTS) is 1. The van der Waals surface area contributed by atoms with Crippen LogP contribution in [0.2, 0.25) is 0 Å². The minimum atomic E-state index is -1.12. The first-order valence-electron chi connectivity index (χ1n) is 6.70. The number of aryl methyl sites for hydroxylation is 1. The molecule has 20 heavy (non-hydrogen) atoms. The molecule has 1 N–H and O–H groups in total. The fourth-order valence-corrected chi connectivity index (χ4v) is 2.66. The van der Waals surface area contributed by atoms with Crippen molar-refractivity contribution < 1.29 is 14.3 Å². The summed E-state index contributed by atoms with van der Waals surface area (Å²) in [6.07, 6.45) is 6.01. The first-order chi connectivity index (χ1) is 9.65. The first-order valence-corrected chi connectivity index (χ1v) is 6.70. The Labute approximate surface area is 115 Å². The topological polar surface area (TPSA) is 55.1 Å². The van der Waals surface area contributed by atoms with E-state index in [-0.39, 0.29) is 5.56 Å². The van der Waals surface area contributed by atoms with Crippen molar-refractivity contribution >= 4 is 5.97 Å². The van der Waals surface area contributed by atoms with Crippen LogP contribution in [0.1, 0.15) is 40.2 Å². The normalized spacial score (nSPS) is 14.1. The highest BCUT2D eigenvalue weighted by atomic mass is 19.1. The Morgan fingerprint density at radius 3 is 2.90 bits per heavy atom. The molecule has 0 spiro atoms. The molecule has 1 heterocycles. The summed E-state index contributed by atoms with van der Waals surface area (Å²) >= 11 is 0. The van der Waals surface area contributed by atoms with Gasteiger partial charge in [-0.25, -0.2) is 14.2 Å². The van der Waals surface area contributed by atoms with Gasteiger partial charge in [0.2, 0.25) is 0 Å². The lowest BCUT2D eigenvalue weighted by atomic mass is 10.0. The van der Waals surface area contributed by atoms with E-state index >= 15 is 0 Å². The predicted octanol–water partition coefficient (Wildman–Crippen LogP) is 2.65. The minimum absolute atomic E-state index is 0.0288. The third-order valence-electron chi connectivity index (χ3n) is 3.75. The smallest absolute Gasteiger partial charge is 0.335 e. The Hall–Kier alpha value is -2.17. The van der Waals surface area contributed by atoms with E-state index in [1.807, 2.05) is 4.57 Å². The summed E-state index contributed by atoms with van der Waals surface area (Å²) < 4.78 is 15.9. The van der Waals surface area contributed by atoms with Gasteiger partial charge < -0.3 is 9.67 Å². The summed E-state index contributed by atoms with van der Waals surface area (Å²) in [5, 5.41) is 8.83. The Kier molecular flexibility index (Phi) is 3.26. The number of aromatic nitrogens is 2. The molecule has 0 unspecified atom stereocenters. The van der Waals surface area contributed by atoms with E-state index in [1.165, 1.54) is 17.8 Å². The van der Waals surface area contributed by atoms with Crippen molar-refractivity contribution in [3.8, 4) is 0 Å². The van der Waals surface area contributed by atoms with Gasteiger partial charge in [0.25, 0.3) is 0 Å². The molecule has 4 nitrogen and oxygen atoms in total. The van der Waals surface area contributed by atoms with Crippen LogP contribution in [0.25, 0.3) is 0 Å². The van der Waals surface area contributed by atoms with Crippen LogP contribution in [0.5, 0.6) is 0 Å². The number of fused-ring (bicyclic) bond motifs is 1. The molecule has 1 aliphatic rings. The fraction of sp³-hybridized carbons (Fsp3) is 0.333. The molecule has 1 aromatic heterocycles. The Bertz CT molecular complexity index is 664. The zero-order valence-corrected chi connectivity index (χ0v) is 11.0. The van der Waals surface area contributed by atoms with Gasteiger partial charge in [-0.1, -0.05) is 6.07 Å². The van der Waals surface area contributed by atoms with Crippen LogP contribution in [0.15, 0.2) is 24.5 Å². The summed E-state index contributed by atoms with van der Waals surface area (Å²) in [4.78, 5) is 15.2. The highest BCUT2D eigenvalue weighted by Gasteiger charge is 2.16. The zero-order valence-electron chi connectivity index (χ0n) is 11.0. The summed E-state index contributed by atoms with van der Waals surface area (Å²) in [6, 6.07) is 4.04. The number of benzene rings is 1. The second kappa shape index (κ2) is 5.07. The van der Waals surface area contributed by atoms with Crippen LogP contribution in [0.4, 0.5) is 4.39 Å². The number of nitrogens with zero attached hydrogens (tertiary/aromatic N) is 2. The molecule has 0 saturated carbocycles. The number of carbonyl (C=O) groups is 1. The van der Waals surface area contributed by atoms with Crippen LogP contribution < -0.4 is 0 Å². The van der Waals surface area contributed by atoms with Gasteiger partial charge in [-0.05, 0) is 37.8 Å². The van der Waals surface area contributed by atoms with Crippen LogP contribution >= 0.6 is 0 Å². The third-order valence-corrected chi connectivity index (χ3v) is 3.75. The maximum Gasteiger partial charge on any atom is 0.335 e. The molecule has 2 aromatic rings. The Balaban J connectivity index is 1.88. The summed E-state index contributed by atoms with van der Waals surface area (Å²) in [7, 11) is 0. The largest absolute Gasteiger partial charge is 0.478 e. The van der Waals surface area contributed by atoms with E-state index in [0.29, 0.717) is 12.1 Å². The average molecular weight is 274 g/mol. The van der Waals surface area contributed by atoms with E-state index in [1.54, 1.807) is 6.33 Å². The number of carboxylic acids is 1. The van der Waals surface area contributed by atoms with Gasteiger partial charge >= 0.3 is 5.97 Å². The average Bonchev–Trinajstić information content (AvgIpc) is 2.84. The van der Waals surface area contributed by atoms with Gasteiger partial charge in [0.1, 0.15) is 5.82 Å². The van der Waals surface area contributed by atoms with E-state index in [2.05, 4.69) is 4.98 Å². The number of halogens is 1. The lowest BCUT2D eigenvalue weighted by Crippen LogP contribution is -2.10. The SMILES string of the molecule is O=C(O)c1ccc(Cn2cnc3c2CCCC3)c(F)c1. The molecule has 1 aromatic carbocycles. The van der Waals surface area contributed by atoms with Crippen molar-refractivity contribution in [2.45, 2.75) is 32.2 Å². The highest BCUT2D eigenvalue weighted by Crippen LogP contribution is 2.21. The lowest BCUT2D eigenvalue weighted by Gasteiger charge is -2.14. The number of imidazole rings is 1. The summed E-state index contributed by atoms with van der Waals surface area (Å²) in [5.74, 6) is -1.60. The maximum absolute atomic E-state index is 13.9. The van der Waals surface area contributed by atoms with Gasteiger partial charge in [-0.2, -0.15) is 0 Å². The standard InChI is InChI=1S/C15H15FN2O2/c16-12-7-10(15(19)20)5-6-11(12)8-18-9-17-13-3-1-2-4-14(13)18/h5-7,9H,1-4,8H2,(H,19,20). The van der Waals surface area contributed by atoms with Gasteiger partial charge in [0, 0.05) is 11.3 Å². The molecule has 3 rings (SSSR count). The monoisotopic (exact) mass is 274 g/mol. The summed E-state index contributed by atoms with van der Waals surface area (Å²) in [6.45, 7) is 0.397. The molecule has 0 bridgehead atoms. The van der Waals surface area contributed by atoms with Crippen molar-refractivity contribution in [3.63, 3.8) is 0 Å². The van der Waals surface area contributed by atoms with Crippen molar-refractivity contribution in [2.24, 2.45) is 0 Å². The zero-order chi connectivity index (χ0) is 14.1. The molecule has 5 heteroatoms. The molecule has 0 radical (unpaired) electrons. The van der Waals surface area contributed by atoms with Gasteiger partial charge in [0.05, 0.1) is 24.1 Å². The molecular formula is C15H15FN2O2. The Morgan fingerprint density at radius 1 is 1.35 bits per heavy atom. The maximum atomic E-state index is 13.9. The molecule has 104 valence electrons. The fourth-order valence-electron chi connectivity index (χ4n) is 2.66. The highest BCUT2D eigenvalue weighted by molar-refractivity contribution is 5.87. The molecular weight excluding hydrogens is 259 g/mol. The van der Waals surface area contributed by atoms with Crippen molar-refractivity contribution in [1.29, 1.82) is 0 Å². The number of aromatic carboxylic acids is 1. The number of rotatable bonds is 3. The first kappa shape index (κ1) is 12.8. The minimum Gasteiger partial charge on any atom is -0.478 e. The number of hydrogen-bond acceptors (Lipinski definition) is 2. The van der Waals surface area contributed by atoms with E-state index in [0.717, 1.165) is 37.4 Å². The Morgan fingerprint density at radius 2 is 2.15 bits per heavy atom. The number of hydrogen-bond donors (Lipinski definition) is 1. The van der Waals surface area contributed by atoms with Crippen LogP contribution in [-0.4, -0.2) is 20.6 Å². The lowest BCUT2D eigenvalue weighted by molar-refractivity contribution is 0.0696. The second-order valence-electron chi connectivity index (χ2n) is 5.08. The van der Waals surface area contributed by atoms with Crippen LogP contribution in [0.3, 0.4) is 0 Å². The molecule has 0 atom stereocenters. The quantitative estimate of drug-likeness (QED) is 0.936. The van der Waals surface area contributed by atoms with E-state index in [4.69, 9.17) is 5.11 Å². The predicted molar refractivity (Wildman–Crippen MR) is 71.3 cm³/mol. The molecule has 1 aliphatic carbocycles. The van der Waals surface area contributed by atoms with Gasteiger partial charge in [-0.3, -0.25) is 0 Å². The molecule has 0 amide bonds. The van der Waals surface area contributed by atoms with E-state index in [9.17, 15) is 9.18 Å². The van der Waals surface area contributed by atoms with Crippen molar-refractivity contribution in [3.05, 3.63) is 52.9 Å². The van der Waals surface area contributed by atoms with Crippen LogP contribution in [0, 0.1) is 5.82 Å². The van der Waals surface area contributed by atoms with Gasteiger partial charge in [0.15, 0.2) is 0 Å². The van der Waals surface area contributed by atoms with Crippen molar-refractivity contribution in [1.82, 2.24) is 9.55 Å². The third kappa shape index (κ3) is 2.31. The second-order valence-corrected chi connectivity index (χ2v) is 5.08. The van der Waals surface area contributed by atoms with E-state index < -0.39 is 11.8 Å². The van der Waals surface area contributed by atoms with Gasteiger partial charge in [-0.15, -0.1) is 0 Å². The van der Waals surface area contributed by atoms with Crippen LogP contribution in [-0.2, 0) is 19.4 Å². The van der Waals surface area contributed by atoms with Crippen molar-refractivity contribution in [2.75, 3.05) is 0 Å². The summed E-state index contributed by atoms with van der Waals surface area (Å²) in [5.41, 5.74) is 2.75. The molecule has 0 aliphatic heterocycles. The molecule has 0 fully saturated rings. The molecule has 0 saturated heterocycles.